The van der Waals surface area contributed by atoms with E-state index < -0.39 is 5.60 Å². The molecule has 0 spiro atoms. The van der Waals surface area contributed by atoms with Gasteiger partial charge < -0.3 is 15.4 Å². The largest absolute Gasteiger partial charge is 0.476 e. The lowest BCUT2D eigenvalue weighted by molar-refractivity contribution is -0.132. The first-order valence-corrected chi connectivity index (χ1v) is 6.27. The Bertz CT molecular complexity index is 481. The average molecular weight is 248 g/mol. The van der Waals surface area contributed by atoms with Crippen LogP contribution < -0.4 is 15.4 Å². The highest BCUT2D eigenvalue weighted by molar-refractivity contribution is 6.02. The van der Waals surface area contributed by atoms with Gasteiger partial charge in [0.05, 0.1) is 5.69 Å². The van der Waals surface area contributed by atoms with Crippen LogP contribution in [-0.2, 0) is 4.79 Å². The highest BCUT2D eigenvalue weighted by atomic mass is 16.5. The second kappa shape index (κ2) is 4.28. The predicted molar refractivity (Wildman–Crippen MR) is 71.8 cm³/mol. The first-order valence-electron chi connectivity index (χ1n) is 6.27. The van der Waals surface area contributed by atoms with Crippen LogP contribution in [0.5, 0.6) is 5.75 Å². The van der Waals surface area contributed by atoms with E-state index in [4.69, 9.17) is 10.5 Å². The molecule has 1 unspecified atom stereocenters. The number of carbonyl (C=O) groups is 1. The van der Waals surface area contributed by atoms with Gasteiger partial charge in [-0.15, -0.1) is 0 Å². The maximum Gasteiger partial charge on any atom is 0.270 e. The molecular formula is C14H20N2O2. The highest BCUT2D eigenvalue weighted by Crippen LogP contribution is 2.38. The molecule has 2 N–H and O–H groups in total. The number of hydrogen-bond acceptors (Lipinski definition) is 3. The molecule has 98 valence electrons. The molecule has 4 nitrogen and oxygen atoms in total. The van der Waals surface area contributed by atoms with Gasteiger partial charge in [0.2, 0.25) is 0 Å². The van der Waals surface area contributed by atoms with E-state index in [1.54, 1.807) is 18.7 Å². The van der Waals surface area contributed by atoms with E-state index in [0.29, 0.717) is 6.54 Å². The van der Waals surface area contributed by atoms with Crippen LogP contribution in [0.4, 0.5) is 5.69 Å². The van der Waals surface area contributed by atoms with Gasteiger partial charge in [0.25, 0.3) is 5.91 Å². The quantitative estimate of drug-likeness (QED) is 0.873. The summed E-state index contributed by atoms with van der Waals surface area (Å²) in [6.07, 6.45) is 0. The molecule has 1 amide bonds. The van der Waals surface area contributed by atoms with E-state index in [-0.39, 0.29) is 11.9 Å². The van der Waals surface area contributed by atoms with E-state index in [0.717, 1.165) is 17.0 Å². The lowest BCUT2D eigenvalue weighted by atomic mass is 10.0. The van der Waals surface area contributed by atoms with Crippen LogP contribution in [0.1, 0.15) is 39.3 Å². The number of hydrogen-bond donors (Lipinski definition) is 1. The van der Waals surface area contributed by atoms with Gasteiger partial charge in [-0.1, -0.05) is 6.07 Å². The number of nitrogens with zero attached hydrogens (tertiary/aromatic N) is 1. The van der Waals surface area contributed by atoms with Crippen molar-refractivity contribution in [2.75, 3.05) is 11.4 Å². The van der Waals surface area contributed by atoms with Crippen molar-refractivity contribution in [3.05, 3.63) is 23.8 Å². The molecule has 0 fully saturated rings. The molecule has 0 radical (unpaired) electrons. The molecule has 1 aliphatic heterocycles. The van der Waals surface area contributed by atoms with Crippen molar-refractivity contribution >= 4 is 11.6 Å². The lowest BCUT2D eigenvalue weighted by Crippen LogP contribution is -2.52. The smallest absolute Gasteiger partial charge is 0.270 e. The molecule has 18 heavy (non-hydrogen) atoms. The third-order valence-electron chi connectivity index (χ3n) is 3.24. The van der Waals surface area contributed by atoms with E-state index in [2.05, 4.69) is 0 Å². The normalized spacial score (nSPS) is 19.2. The van der Waals surface area contributed by atoms with Crippen LogP contribution in [0.15, 0.2) is 18.2 Å². The number of anilines is 1. The van der Waals surface area contributed by atoms with Gasteiger partial charge in [0.1, 0.15) is 5.75 Å². The summed E-state index contributed by atoms with van der Waals surface area (Å²) >= 11 is 0. The summed E-state index contributed by atoms with van der Waals surface area (Å²) in [5.41, 5.74) is 6.89. The fourth-order valence-electron chi connectivity index (χ4n) is 2.18. The first kappa shape index (κ1) is 12.9. The van der Waals surface area contributed by atoms with Crippen LogP contribution in [0.25, 0.3) is 0 Å². The summed E-state index contributed by atoms with van der Waals surface area (Å²) in [5.74, 6) is 0.727. The number of amides is 1. The van der Waals surface area contributed by atoms with E-state index in [9.17, 15) is 4.79 Å². The minimum absolute atomic E-state index is 0.0145. The third kappa shape index (κ3) is 1.97. The molecule has 0 aromatic heterocycles. The van der Waals surface area contributed by atoms with Gasteiger partial charge in [-0.3, -0.25) is 4.79 Å². The fraction of sp³-hybridized carbons (Fsp3) is 0.500. The van der Waals surface area contributed by atoms with Crippen LogP contribution in [0, 0.1) is 0 Å². The Labute approximate surface area is 108 Å². The zero-order chi connectivity index (χ0) is 13.5. The number of ether oxygens (including phenoxy) is 1. The number of nitrogens with two attached hydrogens (primary N) is 1. The van der Waals surface area contributed by atoms with Gasteiger partial charge in [-0.2, -0.15) is 0 Å². The van der Waals surface area contributed by atoms with Gasteiger partial charge >= 0.3 is 0 Å². The summed E-state index contributed by atoms with van der Waals surface area (Å²) < 4.78 is 5.77. The number of fused-ring (bicyclic) bond motifs is 1. The van der Waals surface area contributed by atoms with Crippen molar-refractivity contribution in [2.45, 2.75) is 39.3 Å². The van der Waals surface area contributed by atoms with Crippen molar-refractivity contribution in [3.63, 3.8) is 0 Å². The molecule has 1 aromatic carbocycles. The molecule has 1 atom stereocenters. The SMILES string of the molecule is CCN1C(=O)C(C)(C)Oc2ccc(C(C)N)cc21. The summed E-state index contributed by atoms with van der Waals surface area (Å²) in [7, 11) is 0. The number of rotatable bonds is 2. The molecule has 2 rings (SSSR count). The average Bonchev–Trinajstić information content (AvgIpc) is 2.30. The second-order valence-corrected chi connectivity index (χ2v) is 5.18. The highest BCUT2D eigenvalue weighted by Gasteiger charge is 2.40. The van der Waals surface area contributed by atoms with Crippen LogP contribution in [0.2, 0.25) is 0 Å². The minimum Gasteiger partial charge on any atom is -0.476 e. The molecule has 0 bridgehead atoms. The van der Waals surface area contributed by atoms with E-state index in [1.807, 2.05) is 32.0 Å². The molecule has 0 saturated carbocycles. The molecule has 4 heteroatoms. The van der Waals surface area contributed by atoms with Gasteiger partial charge in [0.15, 0.2) is 5.60 Å². The first-order chi connectivity index (χ1) is 8.36. The number of benzene rings is 1. The predicted octanol–water partition coefficient (Wildman–Crippen LogP) is 2.23. The summed E-state index contributed by atoms with van der Waals surface area (Å²) in [5, 5.41) is 0. The Balaban J connectivity index is 2.53. The van der Waals surface area contributed by atoms with Gasteiger partial charge in [-0.05, 0) is 45.4 Å². The van der Waals surface area contributed by atoms with E-state index in [1.165, 1.54) is 0 Å². The Morgan fingerprint density at radius 3 is 2.67 bits per heavy atom. The Hall–Kier alpha value is -1.55. The molecule has 1 aliphatic rings. The van der Waals surface area contributed by atoms with Crippen LogP contribution in [0.3, 0.4) is 0 Å². The zero-order valence-corrected chi connectivity index (χ0v) is 11.4. The zero-order valence-electron chi connectivity index (χ0n) is 11.4. The molecule has 0 saturated heterocycles. The Morgan fingerprint density at radius 1 is 1.44 bits per heavy atom. The molecular weight excluding hydrogens is 228 g/mol. The second-order valence-electron chi connectivity index (χ2n) is 5.18. The van der Waals surface area contributed by atoms with E-state index >= 15 is 0 Å². The molecule has 1 aromatic rings. The lowest BCUT2D eigenvalue weighted by Gasteiger charge is -2.38. The third-order valence-corrected chi connectivity index (χ3v) is 3.24. The van der Waals surface area contributed by atoms with Gasteiger partial charge in [-0.25, -0.2) is 0 Å². The van der Waals surface area contributed by atoms with Crippen LogP contribution >= 0.6 is 0 Å². The minimum atomic E-state index is -0.807. The fourth-order valence-corrected chi connectivity index (χ4v) is 2.18. The number of likely N-dealkylation sites (N-methyl/N-ethyl adjacent to an activating group) is 1. The Kier molecular flexibility index (Phi) is 3.07. The van der Waals surface area contributed by atoms with Crippen molar-refractivity contribution < 1.29 is 9.53 Å². The molecule has 0 aliphatic carbocycles. The summed E-state index contributed by atoms with van der Waals surface area (Å²) in [4.78, 5) is 14.0. The summed E-state index contributed by atoms with van der Waals surface area (Å²) in [6, 6.07) is 5.73. The topological polar surface area (TPSA) is 55.6 Å². The monoisotopic (exact) mass is 248 g/mol. The van der Waals surface area contributed by atoms with Crippen molar-refractivity contribution in [2.24, 2.45) is 5.73 Å². The maximum atomic E-state index is 12.3. The van der Waals surface area contributed by atoms with Crippen molar-refractivity contribution in [1.29, 1.82) is 0 Å². The Morgan fingerprint density at radius 2 is 2.11 bits per heavy atom. The van der Waals surface area contributed by atoms with Crippen molar-refractivity contribution in [1.82, 2.24) is 0 Å². The summed E-state index contributed by atoms with van der Waals surface area (Å²) in [6.45, 7) is 8.09. The standard InChI is InChI=1S/C14H20N2O2/c1-5-16-11-8-10(9(2)15)6-7-12(11)18-14(3,4)13(16)17/h6-9H,5,15H2,1-4H3. The molecule has 1 heterocycles. The van der Waals surface area contributed by atoms with Crippen molar-refractivity contribution in [3.8, 4) is 5.75 Å². The number of carbonyl (C=O) groups excluding carboxylic acids is 1. The van der Waals surface area contributed by atoms with Crippen LogP contribution in [-0.4, -0.2) is 18.1 Å². The maximum absolute atomic E-state index is 12.3. The van der Waals surface area contributed by atoms with Gasteiger partial charge in [0, 0.05) is 12.6 Å².